The van der Waals surface area contributed by atoms with Crippen molar-refractivity contribution >= 4 is 19.3 Å². The molecule has 0 aliphatic rings. The normalized spacial score (nSPS) is 10.2. The van der Waals surface area contributed by atoms with Crippen molar-refractivity contribution < 1.29 is 0 Å². The maximum absolute atomic E-state index is 11.2. The Morgan fingerprint density at radius 3 is 2.88 bits per heavy atom. The minimum Gasteiger partial charge on any atom is -0.369 e. The number of nitrogens with zero attached hydrogens (tertiary/aromatic N) is 1. The number of nitrogen functional groups attached to an aromatic ring is 1. The van der Waals surface area contributed by atoms with Gasteiger partial charge in [-0.2, -0.15) is 0 Å². The molecule has 0 atom stereocenters. The highest BCUT2D eigenvalue weighted by Crippen LogP contribution is 2.04. The second kappa shape index (κ2) is 4.22. The molecule has 0 aliphatic carbocycles. The first-order valence-electron chi connectivity index (χ1n) is 4.83. The van der Waals surface area contributed by atoms with E-state index in [9.17, 15) is 4.79 Å². The van der Waals surface area contributed by atoms with E-state index in [1.807, 2.05) is 24.3 Å². The summed E-state index contributed by atoms with van der Waals surface area (Å²) in [4.78, 5) is 17.6. The number of H-pyrrole nitrogens is 1. The van der Waals surface area contributed by atoms with Crippen molar-refractivity contribution in [2.75, 3.05) is 5.73 Å². The lowest BCUT2D eigenvalue weighted by Gasteiger charge is -2.02. The van der Waals surface area contributed by atoms with E-state index in [2.05, 4.69) is 9.97 Å². The van der Waals surface area contributed by atoms with E-state index < -0.39 is 0 Å². The second-order valence-electron chi connectivity index (χ2n) is 3.54. The molecule has 0 amide bonds. The Labute approximate surface area is 93.9 Å². The molecule has 1 heterocycles. The van der Waals surface area contributed by atoms with Crippen molar-refractivity contribution in [2.45, 2.75) is 6.42 Å². The number of rotatable bonds is 2. The largest absolute Gasteiger partial charge is 0.369 e. The fourth-order valence-corrected chi connectivity index (χ4v) is 1.53. The third kappa shape index (κ3) is 2.50. The van der Waals surface area contributed by atoms with Gasteiger partial charge >= 0.3 is 0 Å². The number of benzene rings is 1. The van der Waals surface area contributed by atoms with Gasteiger partial charge < -0.3 is 5.73 Å². The summed E-state index contributed by atoms with van der Waals surface area (Å²) in [6.45, 7) is 0. The summed E-state index contributed by atoms with van der Waals surface area (Å²) < 4.78 is 0. The summed E-state index contributed by atoms with van der Waals surface area (Å²) in [5.74, 6) is 0.131. The quantitative estimate of drug-likeness (QED) is 0.672. The topological polar surface area (TPSA) is 71.8 Å². The molecule has 0 bridgehead atoms. The lowest BCUT2D eigenvalue weighted by Crippen LogP contribution is -2.12. The molecule has 1 aromatic heterocycles. The highest BCUT2D eigenvalue weighted by molar-refractivity contribution is 6.32. The first-order valence-corrected chi connectivity index (χ1v) is 4.83. The Balaban J connectivity index is 2.30. The molecule has 5 heteroatoms. The molecule has 4 nitrogen and oxygen atoms in total. The van der Waals surface area contributed by atoms with Crippen molar-refractivity contribution in [3.63, 3.8) is 0 Å². The number of nitrogens with two attached hydrogens (primary N) is 1. The summed E-state index contributed by atoms with van der Waals surface area (Å²) >= 11 is 0. The Kier molecular flexibility index (Phi) is 2.77. The van der Waals surface area contributed by atoms with E-state index in [0.29, 0.717) is 17.6 Å². The number of anilines is 1. The van der Waals surface area contributed by atoms with Gasteiger partial charge in [0.2, 0.25) is 5.95 Å². The van der Waals surface area contributed by atoms with E-state index in [4.69, 9.17) is 13.6 Å². The number of aromatic nitrogens is 2. The minimum atomic E-state index is -0.244. The highest BCUT2D eigenvalue weighted by Gasteiger charge is 2.00. The van der Waals surface area contributed by atoms with Crippen molar-refractivity contribution in [1.82, 2.24) is 9.97 Å². The highest BCUT2D eigenvalue weighted by atomic mass is 16.1. The van der Waals surface area contributed by atoms with Gasteiger partial charge in [0.05, 0.1) is 5.69 Å². The molecule has 16 heavy (non-hydrogen) atoms. The first-order chi connectivity index (χ1) is 7.63. The van der Waals surface area contributed by atoms with Crippen LogP contribution in [0.15, 0.2) is 35.1 Å². The molecule has 1 aromatic carbocycles. The van der Waals surface area contributed by atoms with Crippen molar-refractivity contribution in [3.8, 4) is 0 Å². The first kappa shape index (κ1) is 10.5. The fourth-order valence-electron chi connectivity index (χ4n) is 1.53. The van der Waals surface area contributed by atoms with Crippen LogP contribution in [0.3, 0.4) is 0 Å². The van der Waals surface area contributed by atoms with Gasteiger partial charge in [0.1, 0.15) is 7.85 Å². The van der Waals surface area contributed by atoms with Gasteiger partial charge in [-0.3, -0.25) is 9.78 Å². The molecule has 0 unspecified atom stereocenters. The predicted molar refractivity (Wildman–Crippen MR) is 63.9 cm³/mol. The zero-order valence-electron chi connectivity index (χ0n) is 8.60. The van der Waals surface area contributed by atoms with Crippen LogP contribution >= 0.6 is 0 Å². The third-order valence-electron chi connectivity index (χ3n) is 2.15. The molecule has 0 saturated heterocycles. The average molecular weight is 211 g/mol. The van der Waals surface area contributed by atoms with E-state index in [-0.39, 0.29) is 11.5 Å². The summed E-state index contributed by atoms with van der Waals surface area (Å²) in [7, 11) is 5.66. The van der Waals surface area contributed by atoms with Crippen LogP contribution < -0.4 is 16.8 Å². The predicted octanol–water partition coefficient (Wildman–Crippen LogP) is -0.263. The smallest absolute Gasteiger partial charge is 0.252 e. The van der Waals surface area contributed by atoms with Crippen LogP contribution in [0.25, 0.3) is 0 Å². The van der Waals surface area contributed by atoms with E-state index in [1.54, 1.807) is 0 Å². The van der Waals surface area contributed by atoms with Crippen LogP contribution in [-0.4, -0.2) is 17.8 Å². The fraction of sp³-hybridized carbons (Fsp3) is 0.0909. The number of hydrogen-bond acceptors (Lipinski definition) is 3. The third-order valence-corrected chi connectivity index (χ3v) is 2.15. The summed E-state index contributed by atoms with van der Waals surface area (Å²) in [5.41, 5.74) is 7.53. The molecular weight excluding hydrogens is 201 g/mol. The van der Waals surface area contributed by atoms with E-state index >= 15 is 0 Å². The molecule has 0 saturated carbocycles. The van der Waals surface area contributed by atoms with Gasteiger partial charge in [-0.05, 0) is 5.56 Å². The SMILES string of the molecule is [B]c1cccc(Cc2cc(=O)[nH]c(N)n2)c1. The minimum absolute atomic E-state index is 0.131. The van der Waals surface area contributed by atoms with Gasteiger partial charge in [-0.25, -0.2) is 4.98 Å². The maximum Gasteiger partial charge on any atom is 0.252 e. The monoisotopic (exact) mass is 211 g/mol. The van der Waals surface area contributed by atoms with Crippen LogP contribution in [0, 0.1) is 0 Å². The van der Waals surface area contributed by atoms with E-state index in [0.717, 1.165) is 5.56 Å². The van der Waals surface area contributed by atoms with Gasteiger partial charge in [0.25, 0.3) is 5.56 Å². The lowest BCUT2D eigenvalue weighted by molar-refractivity contribution is 1.02. The van der Waals surface area contributed by atoms with Crippen LogP contribution in [0.4, 0.5) is 5.95 Å². The van der Waals surface area contributed by atoms with Crippen LogP contribution in [0.5, 0.6) is 0 Å². The molecule has 3 N–H and O–H groups in total. The van der Waals surface area contributed by atoms with Crippen LogP contribution in [-0.2, 0) is 6.42 Å². The average Bonchev–Trinajstić information content (AvgIpc) is 2.15. The molecule has 78 valence electrons. The molecule has 2 aromatic rings. The standard InChI is InChI=1S/C11H10BN3O/c12-8-3-1-2-7(4-8)5-9-6-10(16)15-11(13)14-9/h1-4,6H,5H2,(H3,13,14,15,16). The van der Waals surface area contributed by atoms with Gasteiger partial charge in [-0.1, -0.05) is 29.7 Å². The Morgan fingerprint density at radius 1 is 1.38 bits per heavy atom. The summed E-state index contributed by atoms with van der Waals surface area (Å²) in [6, 6.07) is 8.87. The molecular formula is C11H10BN3O. The Morgan fingerprint density at radius 2 is 2.19 bits per heavy atom. The lowest BCUT2D eigenvalue weighted by atomic mass is 9.93. The number of nitrogens with one attached hydrogen (secondary N) is 1. The Bertz CT molecular complexity index is 565. The number of aromatic amines is 1. The zero-order chi connectivity index (χ0) is 11.5. The van der Waals surface area contributed by atoms with Crippen LogP contribution in [0.1, 0.15) is 11.3 Å². The van der Waals surface area contributed by atoms with Crippen molar-refractivity contribution in [1.29, 1.82) is 0 Å². The molecule has 0 aliphatic heterocycles. The number of hydrogen-bond donors (Lipinski definition) is 2. The van der Waals surface area contributed by atoms with Crippen molar-refractivity contribution in [2.24, 2.45) is 0 Å². The van der Waals surface area contributed by atoms with Gasteiger partial charge in [0, 0.05) is 12.5 Å². The van der Waals surface area contributed by atoms with Crippen molar-refractivity contribution in [3.05, 3.63) is 51.9 Å². The summed E-state index contributed by atoms with van der Waals surface area (Å²) in [5, 5.41) is 0. The molecule has 0 fully saturated rings. The maximum atomic E-state index is 11.2. The molecule has 2 rings (SSSR count). The molecule has 2 radical (unpaired) electrons. The van der Waals surface area contributed by atoms with Gasteiger partial charge in [-0.15, -0.1) is 0 Å². The second-order valence-corrected chi connectivity index (χ2v) is 3.54. The zero-order valence-corrected chi connectivity index (χ0v) is 8.60. The van der Waals surface area contributed by atoms with E-state index in [1.165, 1.54) is 6.07 Å². The molecule has 0 spiro atoms. The Hall–Kier alpha value is -2.04. The summed E-state index contributed by atoms with van der Waals surface area (Å²) in [6.07, 6.45) is 0.541. The van der Waals surface area contributed by atoms with Gasteiger partial charge in [0.15, 0.2) is 0 Å². The van der Waals surface area contributed by atoms with Crippen LogP contribution in [0.2, 0.25) is 0 Å².